The molecule has 1 aliphatic rings. The standard InChI is InChI=1S/C9H17F2N.C2H6/c1-7(2)5-8-3-4-12-9(10,11)6-8;1-2/h7-8,12H,3-6H2,1-2H3;1-2H3. The van der Waals surface area contributed by atoms with E-state index in [9.17, 15) is 8.78 Å². The number of halogens is 2. The van der Waals surface area contributed by atoms with Crippen LogP contribution in [0.15, 0.2) is 0 Å². The molecule has 0 spiro atoms. The van der Waals surface area contributed by atoms with Gasteiger partial charge in [0.05, 0.1) is 0 Å². The fourth-order valence-electron chi connectivity index (χ4n) is 1.86. The van der Waals surface area contributed by atoms with Crippen molar-refractivity contribution in [3.8, 4) is 0 Å². The van der Waals surface area contributed by atoms with Crippen LogP contribution in [-0.2, 0) is 0 Å². The first kappa shape index (κ1) is 13.8. The lowest BCUT2D eigenvalue weighted by atomic mass is 9.88. The second kappa shape index (κ2) is 6.33. The number of hydrogen-bond acceptors (Lipinski definition) is 1. The van der Waals surface area contributed by atoms with E-state index in [0.29, 0.717) is 12.5 Å². The maximum atomic E-state index is 12.8. The Bertz CT molecular complexity index is 146. The first-order valence-corrected chi connectivity index (χ1v) is 5.62. The van der Waals surface area contributed by atoms with E-state index in [4.69, 9.17) is 0 Å². The van der Waals surface area contributed by atoms with Crippen LogP contribution in [0.5, 0.6) is 0 Å². The normalized spacial score (nSPS) is 25.5. The highest BCUT2D eigenvalue weighted by atomic mass is 19.3. The van der Waals surface area contributed by atoms with E-state index in [1.807, 2.05) is 13.8 Å². The predicted molar refractivity (Wildman–Crippen MR) is 56.5 cm³/mol. The summed E-state index contributed by atoms with van der Waals surface area (Å²) in [6.07, 6.45) is 1.84. The molecule has 86 valence electrons. The molecule has 0 bridgehead atoms. The Kier molecular flexibility index (Phi) is 6.25. The van der Waals surface area contributed by atoms with Crippen LogP contribution in [0.3, 0.4) is 0 Å². The zero-order valence-electron chi connectivity index (χ0n) is 9.74. The van der Waals surface area contributed by atoms with E-state index in [2.05, 4.69) is 19.2 Å². The van der Waals surface area contributed by atoms with Crippen molar-refractivity contribution in [2.24, 2.45) is 11.8 Å². The third-order valence-corrected chi connectivity index (χ3v) is 2.29. The Morgan fingerprint density at radius 2 is 1.93 bits per heavy atom. The number of alkyl halides is 2. The Balaban J connectivity index is 0.000000791. The van der Waals surface area contributed by atoms with E-state index < -0.39 is 6.05 Å². The second-order valence-corrected chi connectivity index (χ2v) is 4.12. The van der Waals surface area contributed by atoms with Gasteiger partial charge in [-0.15, -0.1) is 0 Å². The summed E-state index contributed by atoms with van der Waals surface area (Å²) >= 11 is 0. The molecule has 0 saturated carbocycles. The highest BCUT2D eigenvalue weighted by molar-refractivity contribution is 4.77. The van der Waals surface area contributed by atoms with E-state index >= 15 is 0 Å². The van der Waals surface area contributed by atoms with Gasteiger partial charge in [-0.25, -0.2) is 0 Å². The molecule has 1 N–H and O–H groups in total. The van der Waals surface area contributed by atoms with E-state index in [0.717, 1.165) is 12.8 Å². The van der Waals surface area contributed by atoms with Crippen molar-refractivity contribution in [2.45, 2.75) is 53.0 Å². The largest absolute Gasteiger partial charge is 0.302 e. The van der Waals surface area contributed by atoms with Gasteiger partial charge in [0.1, 0.15) is 0 Å². The number of piperidine rings is 1. The molecule has 0 amide bonds. The highest BCUT2D eigenvalue weighted by Crippen LogP contribution is 2.30. The monoisotopic (exact) mass is 207 g/mol. The van der Waals surface area contributed by atoms with Gasteiger partial charge in [0.2, 0.25) is 0 Å². The molecule has 1 saturated heterocycles. The molecular weight excluding hydrogens is 184 g/mol. The van der Waals surface area contributed by atoms with Crippen LogP contribution in [0, 0.1) is 11.8 Å². The van der Waals surface area contributed by atoms with Crippen LogP contribution in [0.2, 0.25) is 0 Å². The van der Waals surface area contributed by atoms with Crippen LogP contribution in [0.25, 0.3) is 0 Å². The molecule has 0 aromatic rings. The molecule has 1 aliphatic heterocycles. The Morgan fingerprint density at radius 3 is 2.36 bits per heavy atom. The fraction of sp³-hybridized carbons (Fsp3) is 1.00. The van der Waals surface area contributed by atoms with Crippen molar-refractivity contribution in [1.29, 1.82) is 0 Å². The summed E-state index contributed by atoms with van der Waals surface area (Å²) in [5.41, 5.74) is 0. The zero-order valence-corrected chi connectivity index (χ0v) is 9.74. The molecular formula is C11H23F2N. The molecule has 1 atom stereocenters. The van der Waals surface area contributed by atoms with Crippen molar-refractivity contribution in [1.82, 2.24) is 5.32 Å². The lowest BCUT2D eigenvalue weighted by molar-refractivity contribution is -0.0765. The average Bonchev–Trinajstić information content (AvgIpc) is 2.04. The SMILES string of the molecule is CC.CC(C)CC1CCNC(F)(F)C1. The number of hydrogen-bond donors (Lipinski definition) is 1. The minimum Gasteiger partial charge on any atom is -0.258 e. The molecule has 1 heterocycles. The molecule has 0 radical (unpaired) electrons. The van der Waals surface area contributed by atoms with Gasteiger partial charge in [-0.3, -0.25) is 5.32 Å². The van der Waals surface area contributed by atoms with Crippen LogP contribution >= 0.6 is 0 Å². The third-order valence-electron chi connectivity index (χ3n) is 2.29. The van der Waals surface area contributed by atoms with Crippen molar-refractivity contribution in [3.05, 3.63) is 0 Å². The highest BCUT2D eigenvalue weighted by Gasteiger charge is 2.35. The van der Waals surface area contributed by atoms with Gasteiger partial charge in [-0.2, -0.15) is 8.78 Å². The smallest absolute Gasteiger partial charge is 0.258 e. The number of rotatable bonds is 2. The molecule has 3 heteroatoms. The van der Waals surface area contributed by atoms with Gasteiger partial charge in [-0.05, 0) is 24.7 Å². The van der Waals surface area contributed by atoms with Crippen LogP contribution in [-0.4, -0.2) is 12.6 Å². The molecule has 14 heavy (non-hydrogen) atoms. The average molecular weight is 207 g/mol. The molecule has 0 aliphatic carbocycles. The van der Waals surface area contributed by atoms with Gasteiger partial charge >= 0.3 is 6.05 Å². The number of nitrogens with one attached hydrogen (secondary N) is 1. The van der Waals surface area contributed by atoms with Gasteiger partial charge in [0.25, 0.3) is 0 Å². The molecule has 1 unspecified atom stereocenters. The fourth-order valence-corrected chi connectivity index (χ4v) is 1.86. The summed E-state index contributed by atoms with van der Waals surface area (Å²) in [5.74, 6) is 0.741. The lowest BCUT2D eigenvalue weighted by Crippen LogP contribution is -2.44. The first-order chi connectivity index (χ1) is 6.49. The summed E-state index contributed by atoms with van der Waals surface area (Å²) < 4.78 is 25.6. The van der Waals surface area contributed by atoms with Gasteiger partial charge in [-0.1, -0.05) is 27.7 Å². The third kappa shape index (κ3) is 5.53. The molecule has 1 nitrogen and oxygen atoms in total. The van der Waals surface area contributed by atoms with Crippen LogP contribution in [0.4, 0.5) is 8.78 Å². The minimum atomic E-state index is -2.61. The Labute approximate surface area is 86.3 Å². The Morgan fingerprint density at radius 1 is 1.36 bits per heavy atom. The molecule has 1 fully saturated rings. The van der Waals surface area contributed by atoms with E-state index in [1.54, 1.807) is 0 Å². The minimum absolute atomic E-state index is 0.0190. The predicted octanol–water partition coefficient (Wildman–Crippen LogP) is 3.65. The molecule has 0 aromatic heterocycles. The summed E-state index contributed by atoms with van der Waals surface area (Å²) in [7, 11) is 0. The van der Waals surface area contributed by atoms with Gasteiger partial charge in [0, 0.05) is 13.0 Å². The molecule has 1 rings (SSSR count). The summed E-state index contributed by atoms with van der Waals surface area (Å²) in [4.78, 5) is 0. The zero-order chi connectivity index (χ0) is 11.2. The van der Waals surface area contributed by atoms with Crippen molar-refractivity contribution in [3.63, 3.8) is 0 Å². The Hall–Kier alpha value is -0.180. The van der Waals surface area contributed by atoms with Crippen LogP contribution in [0.1, 0.15) is 47.0 Å². The second-order valence-electron chi connectivity index (χ2n) is 4.12. The molecule has 0 aromatic carbocycles. The van der Waals surface area contributed by atoms with Crippen molar-refractivity contribution >= 4 is 0 Å². The van der Waals surface area contributed by atoms with Crippen molar-refractivity contribution < 1.29 is 8.78 Å². The quantitative estimate of drug-likeness (QED) is 0.681. The van der Waals surface area contributed by atoms with Crippen molar-refractivity contribution in [2.75, 3.05) is 6.54 Å². The summed E-state index contributed by atoms with van der Waals surface area (Å²) in [6, 6.07) is -2.61. The van der Waals surface area contributed by atoms with E-state index in [-0.39, 0.29) is 12.3 Å². The summed E-state index contributed by atoms with van der Waals surface area (Å²) in [6.45, 7) is 8.63. The lowest BCUT2D eigenvalue weighted by Gasteiger charge is -2.30. The van der Waals surface area contributed by atoms with E-state index in [1.165, 1.54) is 0 Å². The maximum absolute atomic E-state index is 12.8. The van der Waals surface area contributed by atoms with Gasteiger partial charge in [0.15, 0.2) is 0 Å². The van der Waals surface area contributed by atoms with Crippen LogP contribution < -0.4 is 5.32 Å². The van der Waals surface area contributed by atoms with Gasteiger partial charge < -0.3 is 0 Å². The first-order valence-electron chi connectivity index (χ1n) is 5.62. The topological polar surface area (TPSA) is 12.0 Å². The maximum Gasteiger partial charge on any atom is 0.302 e. The summed E-state index contributed by atoms with van der Waals surface area (Å²) in [5, 5.41) is 2.23.